The molecule has 0 spiro atoms. The first-order chi connectivity index (χ1) is 33.5. The molecule has 1 aromatic carbocycles. The number of hydrogen-bond donors (Lipinski definition) is 11. The smallest absolute Gasteiger partial charge is 0.326 e. The molecule has 2 saturated heterocycles. The lowest BCUT2D eigenvalue weighted by Crippen LogP contribution is -2.62. The number of nitrogens with two attached hydrogens (primary N) is 2. The second kappa shape index (κ2) is 28.5. The Hall–Kier alpha value is -6.34. The maximum absolute atomic E-state index is 14.3. The largest absolute Gasteiger partial charge is 0.481 e. The molecule has 10 atom stereocenters. The van der Waals surface area contributed by atoms with Crippen LogP contribution >= 0.6 is 11.8 Å². The van der Waals surface area contributed by atoms with Gasteiger partial charge in [-0.05, 0) is 61.5 Å². The number of aliphatic hydroxyl groups is 1. The van der Waals surface area contributed by atoms with Crippen LogP contribution < -0.4 is 43.4 Å². The van der Waals surface area contributed by atoms with Crippen molar-refractivity contribution in [3.8, 4) is 0 Å². The van der Waals surface area contributed by atoms with Gasteiger partial charge in [0.15, 0.2) is 0 Å². The number of aliphatic carboxylic acids is 2. The first kappa shape index (κ1) is 59.0. The normalized spacial score (nSPS) is 18.9. The van der Waals surface area contributed by atoms with Gasteiger partial charge in [0.2, 0.25) is 53.2 Å². The fraction of sp³-hybridized carbons (Fsp3) is 0.630. The van der Waals surface area contributed by atoms with Crippen molar-refractivity contribution in [2.24, 2.45) is 23.3 Å². The average molecular weight is 1020 g/mol. The fourth-order valence-corrected chi connectivity index (χ4v) is 8.70. The van der Waals surface area contributed by atoms with Crippen molar-refractivity contribution in [2.75, 3.05) is 31.7 Å². The maximum atomic E-state index is 14.3. The second-order valence-corrected chi connectivity index (χ2v) is 19.1. The van der Waals surface area contributed by atoms with Crippen LogP contribution in [-0.2, 0) is 59.2 Å². The van der Waals surface area contributed by atoms with Crippen LogP contribution in [0.15, 0.2) is 30.3 Å². The molecule has 3 rings (SSSR count). The molecular formula is C46H70N10O14S. The van der Waals surface area contributed by atoms with Gasteiger partial charge in [-0.2, -0.15) is 11.8 Å². The van der Waals surface area contributed by atoms with Crippen LogP contribution in [-0.4, -0.2) is 176 Å². The van der Waals surface area contributed by atoms with Crippen molar-refractivity contribution in [3.63, 3.8) is 0 Å². The van der Waals surface area contributed by atoms with Crippen LogP contribution in [0, 0.1) is 11.8 Å². The van der Waals surface area contributed by atoms with Crippen molar-refractivity contribution in [1.82, 2.24) is 41.7 Å². The van der Waals surface area contributed by atoms with Gasteiger partial charge in [0, 0.05) is 19.5 Å². The summed E-state index contributed by atoms with van der Waals surface area (Å²) >= 11 is 1.32. The number of carboxylic acids is 2. The molecule has 0 bridgehead atoms. The number of carboxylic acid groups (broad SMARTS) is 2. The molecule has 0 unspecified atom stereocenters. The molecule has 2 aliphatic rings. The van der Waals surface area contributed by atoms with Crippen LogP contribution in [0.3, 0.4) is 0 Å². The van der Waals surface area contributed by atoms with Crippen molar-refractivity contribution in [3.05, 3.63) is 35.9 Å². The molecule has 71 heavy (non-hydrogen) atoms. The van der Waals surface area contributed by atoms with E-state index in [1.54, 1.807) is 64.3 Å². The Kier molecular flexibility index (Phi) is 23.7. The SMILES string of the molecule is CC[C@H](C)[C@H](NC(=O)[C@@H]1CCCN1C(=O)[C@@H](N)CC(N)=O)C(=O)N[C@H](C(=O)N1CCC[C@H]1C(=O)N[C@@H](CO)C(=O)N[C@@H](Cc1ccccc1)C(=O)N[C@@H](CC(=O)O)C(=O)N[C@@H](CCSC)C(=O)O)C(C)C. The summed E-state index contributed by atoms with van der Waals surface area (Å²) in [7, 11) is 0. The first-order valence-corrected chi connectivity index (χ1v) is 25.0. The molecule has 394 valence electrons. The summed E-state index contributed by atoms with van der Waals surface area (Å²) < 4.78 is 0. The van der Waals surface area contributed by atoms with Gasteiger partial charge in [-0.3, -0.25) is 47.9 Å². The lowest BCUT2D eigenvalue weighted by atomic mass is 9.95. The predicted octanol–water partition coefficient (Wildman–Crippen LogP) is -2.67. The van der Waals surface area contributed by atoms with E-state index in [-0.39, 0.29) is 38.8 Å². The highest BCUT2D eigenvalue weighted by Gasteiger charge is 2.43. The molecule has 13 N–H and O–H groups in total. The summed E-state index contributed by atoms with van der Waals surface area (Å²) in [6, 6.07) is -3.90. The van der Waals surface area contributed by atoms with Gasteiger partial charge in [-0.1, -0.05) is 64.4 Å². The van der Waals surface area contributed by atoms with Gasteiger partial charge < -0.3 is 68.5 Å². The van der Waals surface area contributed by atoms with E-state index in [1.807, 2.05) is 0 Å². The Balaban J connectivity index is 1.78. The molecule has 9 amide bonds. The summed E-state index contributed by atoms with van der Waals surface area (Å²) in [5.41, 5.74) is 11.6. The monoisotopic (exact) mass is 1020 g/mol. The topological polar surface area (TPSA) is 379 Å². The number of nitrogens with zero attached hydrogens (tertiary/aromatic N) is 2. The number of primary amides is 1. The molecular weight excluding hydrogens is 949 g/mol. The number of likely N-dealkylation sites (tertiary alicyclic amines) is 2. The Morgan fingerprint density at radius 1 is 0.690 bits per heavy atom. The average Bonchev–Trinajstić information content (AvgIpc) is 4.03. The molecule has 0 radical (unpaired) electrons. The molecule has 2 aliphatic heterocycles. The highest BCUT2D eigenvalue weighted by Crippen LogP contribution is 2.23. The van der Waals surface area contributed by atoms with Crippen molar-refractivity contribution in [1.29, 1.82) is 0 Å². The Morgan fingerprint density at radius 3 is 1.75 bits per heavy atom. The standard InChI is InChI=1S/C46H70N10O14S/c1-6-25(4)37(54-42(65)33-15-10-17-55(33)44(67)27(47)21-34(48)58)43(66)53-36(24(2)3)45(68)56-18-11-14-32(56)41(64)52-31(23-57)40(63)50-29(20-26-12-8-7-9-13-26)38(61)51-30(22-35(59)60)39(62)49-28(46(69)70)16-19-71-5/h7-9,12-13,24-25,27-33,36-37,57H,6,10-11,14-23,47H2,1-5H3,(H2,48,58)(H,49,62)(H,50,63)(H,51,61)(H,52,64)(H,53,66)(H,54,65)(H,59,60)(H,69,70)/t25-,27-,28-,29-,30-,31-,32-,33-,36-,37-/m0/s1. The molecule has 25 heteroatoms. The predicted molar refractivity (Wildman–Crippen MR) is 257 cm³/mol. The molecule has 0 saturated carbocycles. The number of carbonyl (C=O) groups excluding carboxylic acids is 9. The minimum absolute atomic E-state index is 0.00421. The lowest BCUT2D eigenvalue weighted by Gasteiger charge is -2.33. The van der Waals surface area contributed by atoms with Gasteiger partial charge in [-0.15, -0.1) is 0 Å². The molecule has 2 heterocycles. The van der Waals surface area contributed by atoms with Gasteiger partial charge in [-0.25, -0.2) is 4.79 Å². The molecule has 1 aromatic rings. The van der Waals surface area contributed by atoms with Crippen molar-refractivity contribution >= 4 is 76.9 Å². The quantitative estimate of drug-likeness (QED) is 0.0408. The summed E-state index contributed by atoms with van der Waals surface area (Å²) in [4.78, 5) is 147. The van der Waals surface area contributed by atoms with E-state index in [2.05, 4.69) is 31.9 Å². The number of nitrogens with one attached hydrogen (secondary N) is 6. The second-order valence-electron chi connectivity index (χ2n) is 18.1. The van der Waals surface area contributed by atoms with Crippen LogP contribution in [0.1, 0.15) is 84.6 Å². The Bertz CT molecular complexity index is 2080. The summed E-state index contributed by atoms with van der Waals surface area (Å²) in [6.45, 7) is 6.17. The van der Waals surface area contributed by atoms with E-state index in [0.29, 0.717) is 30.6 Å². The fourth-order valence-electron chi connectivity index (χ4n) is 8.22. The zero-order chi connectivity index (χ0) is 53.1. The lowest BCUT2D eigenvalue weighted by molar-refractivity contribution is -0.144. The van der Waals surface area contributed by atoms with E-state index in [4.69, 9.17) is 11.5 Å². The van der Waals surface area contributed by atoms with E-state index in [9.17, 15) is 68.1 Å². The minimum Gasteiger partial charge on any atom is -0.481 e. The number of aliphatic hydroxyl groups excluding tert-OH is 1. The van der Waals surface area contributed by atoms with E-state index in [0.717, 1.165) is 0 Å². The summed E-state index contributed by atoms with van der Waals surface area (Å²) in [5.74, 6) is -10.9. The minimum atomic E-state index is -1.77. The Morgan fingerprint density at radius 2 is 1.23 bits per heavy atom. The number of carbonyl (C=O) groups is 11. The number of rotatable bonds is 28. The van der Waals surface area contributed by atoms with Gasteiger partial charge in [0.05, 0.1) is 25.5 Å². The zero-order valence-corrected chi connectivity index (χ0v) is 41.5. The zero-order valence-electron chi connectivity index (χ0n) is 40.7. The van der Waals surface area contributed by atoms with Gasteiger partial charge >= 0.3 is 11.9 Å². The first-order valence-electron chi connectivity index (χ1n) is 23.6. The molecule has 2 fully saturated rings. The van der Waals surface area contributed by atoms with Gasteiger partial charge in [0.25, 0.3) is 0 Å². The van der Waals surface area contributed by atoms with Crippen LogP contribution in [0.4, 0.5) is 0 Å². The Labute approximate surface area is 416 Å². The molecule has 0 aliphatic carbocycles. The number of benzene rings is 1. The van der Waals surface area contributed by atoms with E-state index >= 15 is 0 Å². The van der Waals surface area contributed by atoms with Crippen molar-refractivity contribution < 1.29 is 68.1 Å². The molecule has 24 nitrogen and oxygen atoms in total. The highest BCUT2D eigenvalue weighted by molar-refractivity contribution is 7.98. The van der Waals surface area contributed by atoms with Gasteiger partial charge in [0.1, 0.15) is 48.3 Å². The summed E-state index contributed by atoms with van der Waals surface area (Å²) in [6.07, 6.45) is 1.81. The van der Waals surface area contributed by atoms with Crippen molar-refractivity contribution in [2.45, 2.75) is 140 Å². The highest BCUT2D eigenvalue weighted by atomic mass is 32.2. The van der Waals surface area contributed by atoms with Crippen LogP contribution in [0.2, 0.25) is 0 Å². The molecule has 0 aromatic heterocycles. The third-order valence-electron chi connectivity index (χ3n) is 12.4. The van der Waals surface area contributed by atoms with Crippen LogP contribution in [0.5, 0.6) is 0 Å². The maximum Gasteiger partial charge on any atom is 0.326 e. The number of hydrogen-bond acceptors (Lipinski definition) is 14. The summed E-state index contributed by atoms with van der Waals surface area (Å²) in [5, 5.41) is 44.5. The van der Waals surface area contributed by atoms with E-state index < -0.39 is 151 Å². The number of amides is 9. The third kappa shape index (κ3) is 17.5. The number of thioether (sulfide) groups is 1. The van der Waals surface area contributed by atoms with Crippen LogP contribution in [0.25, 0.3) is 0 Å². The third-order valence-corrected chi connectivity index (χ3v) is 13.1. The van der Waals surface area contributed by atoms with E-state index in [1.165, 1.54) is 21.6 Å².